The van der Waals surface area contributed by atoms with Gasteiger partial charge < -0.3 is 10.6 Å². The molecule has 0 spiro atoms. The van der Waals surface area contributed by atoms with Gasteiger partial charge in [0.2, 0.25) is 5.91 Å². The highest BCUT2D eigenvalue weighted by atomic mass is 35.5. The van der Waals surface area contributed by atoms with Crippen LogP contribution in [0.25, 0.3) is 0 Å². The Labute approximate surface area is 163 Å². The van der Waals surface area contributed by atoms with Gasteiger partial charge in [-0.15, -0.1) is 0 Å². The standard InChI is InChI=1S/C16H11Cl4N3O2/c17-10-11(18)13(23-14(20)12(10)19)16(25)22-9-3-1-2-8(6-9)21-15(24)7-4-5-7/h1-3,6-7H,4-5H2,(H,21,24)(H,22,25). The summed E-state index contributed by atoms with van der Waals surface area (Å²) in [4.78, 5) is 28.1. The first kappa shape index (κ1) is 18.3. The molecule has 0 radical (unpaired) electrons. The quantitative estimate of drug-likeness (QED) is 0.662. The van der Waals surface area contributed by atoms with E-state index in [1.54, 1.807) is 24.3 Å². The van der Waals surface area contributed by atoms with Gasteiger partial charge in [0.15, 0.2) is 0 Å². The topological polar surface area (TPSA) is 71.1 Å². The molecule has 2 N–H and O–H groups in total. The molecule has 1 aromatic heterocycles. The Hall–Kier alpha value is -1.53. The van der Waals surface area contributed by atoms with Gasteiger partial charge in [0.1, 0.15) is 10.8 Å². The van der Waals surface area contributed by atoms with Gasteiger partial charge in [-0.3, -0.25) is 9.59 Å². The van der Waals surface area contributed by atoms with E-state index in [2.05, 4.69) is 15.6 Å². The summed E-state index contributed by atoms with van der Waals surface area (Å²) in [6, 6.07) is 6.73. The third kappa shape index (κ3) is 4.18. The molecule has 1 saturated carbocycles. The van der Waals surface area contributed by atoms with Crippen molar-refractivity contribution >= 4 is 69.6 Å². The molecular formula is C16H11Cl4N3O2. The number of aromatic nitrogens is 1. The van der Waals surface area contributed by atoms with Crippen LogP contribution in [0.1, 0.15) is 23.3 Å². The van der Waals surface area contributed by atoms with E-state index in [0.29, 0.717) is 11.4 Å². The summed E-state index contributed by atoms with van der Waals surface area (Å²) in [5.74, 6) is -0.541. The van der Waals surface area contributed by atoms with Gasteiger partial charge in [0.25, 0.3) is 5.91 Å². The van der Waals surface area contributed by atoms with E-state index in [4.69, 9.17) is 46.4 Å². The Morgan fingerprint density at radius 3 is 2.24 bits per heavy atom. The van der Waals surface area contributed by atoms with Crippen LogP contribution in [-0.4, -0.2) is 16.8 Å². The van der Waals surface area contributed by atoms with Crippen LogP contribution >= 0.6 is 46.4 Å². The number of halogens is 4. The molecule has 1 aromatic carbocycles. The molecule has 3 rings (SSSR count). The molecule has 0 aliphatic heterocycles. The Morgan fingerprint density at radius 1 is 0.960 bits per heavy atom. The van der Waals surface area contributed by atoms with E-state index >= 15 is 0 Å². The largest absolute Gasteiger partial charge is 0.326 e. The van der Waals surface area contributed by atoms with Crippen LogP contribution in [0.3, 0.4) is 0 Å². The Bertz CT molecular complexity index is 869. The number of carbonyl (C=O) groups excluding carboxylic acids is 2. The summed E-state index contributed by atoms with van der Waals surface area (Å²) in [5.41, 5.74) is 0.896. The third-order valence-corrected chi connectivity index (χ3v) is 5.21. The van der Waals surface area contributed by atoms with E-state index in [1.807, 2.05) is 0 Å². The average molecular weight is 419 g/mol. The van der Waals surface area contributed by atoms with Crippen molar-refractivity contribution < 1.29 is 9.59 Å². The lowest BCUT2D eigenvalue weighted by Crippen LogP contribution is -2.16. The minimum absolute atomic E-state index is 0.0188. The highest BCUT2D eigenvalue weighted by molar-refractivity contribution is 6.52. The Balaban J connectivity index is 1.78. The second-order valence-electron chi connectivity index (χ2n) is 5.49. The predicted octanol–water partition coefficient (Wildman–Crippen LogP) is 5.30. The number of carbonyl (C=O) groups is 2. The Morgan fingerprint density at radius 2 is 1.60 bits per heavy atom. The molecule has 2 aromatic rings. The van der Waals surface area contributed by atoms with E-state index in [0.717, 1.165) is 12.8 Å². The molecular weight excluding hydrogens is 408 g/mol. The molecule has 0 saturated heterocycles. The predicted molar refractivity (Wildman–Crippen MR) is 100 cm³/mol. The lowest BCUT2D eigenvalue weighted by Gasteiger charge is -2.10. The Kier molecular flexibility index (Phi) is 5.39. The van der Waals surface area contributed by atoms with Crippen LogP contribution in [0.4, 0.5) is 11.4 Å². The molecule has 1 heterocycles. The van der Waals surface area contributed by atoms with Crippen molar-refractivity contribution in [2.75, 3.05) is 10.6 Å². The lowest BCUT2D eigenvalue weighted by atomic mass is 10.2. The molecule has 5 nitrogen and oxygen atoms in total. The highest BCUT2D eigenvalue weighted by Crippen LogP contribution is 2.36. The molecule has 9 heteroatoms. The van der Waals surface area contributed by atoms with Gasteiger partial charge in [-0.05, 0) is 31.0 Å². The second kappa shape index (κ2) is 7.38. The van der Waals surface area contributed by atoms with Crippen molar-refractivity contribution in [1.29, 1.82) is 0 Å². The van der Waals surface area contributed by atoms with Crippen LogP contribution in [0.5, 0.6) is 0 Å². The molecule has 0 unspecified atom stereocenters. The zero-order valence-corrected chi connectivity index (χ0v) is 15.6. The maximum atomic E-state index is 12.4. The molecule has 0 bridgehead atoms. The van der Waals surface area contributed by atoms with E-state index in [1.165, 1.54) is 0 Å². The molecule has 1 aliphatic carbocycles. The van der Waals surface area contributed by atoms with Crippen molar-refractivity contribution in [3.8, 4) is 0 Å². The number of hydrogen-bond donors (Lipinski definition) is 2. The SMILES string of the molecule is O=C(Nc1cccc(NC(=O)C2CC2)c1)c1nc(Cl)c(Cl)c(Cl)c1Cl. The fraction of sp³-hybridized carbons (Fsp3) is 0.188. The molecule has 25 heavy (non-hydrogen) atoms. The lowest BCUT2D eigenvalue weighted by molar-refractivity contribution is -0.117. The van der Waals surface area contributed by atoms with Crippen molar-refractivity contribution in [2.45, 2.75) is 12.8 Å². The van der Waals surface area contributed by atoms with Crippen LogP contribution in [-0.2, 0) is 4.79 Å². The number of nitrogens with zero attached hydrogens (tertiary/aromatic N) is 1. The first-order valence-corrected chi connectivity index (χ1v) is 8.80. The number of hydrogen-bond acceptors (Lipinski definition) is 3. The number of nitrogens with one attached hydrogen (secondary N) is 2. The summed E-state index contributed by atoms with van der Waals surface area (Å²) < 4.78 is 0. The van der Waals surface area contributed by atoms with Gasteiger partial charge >= 0.3 is 0 Å². The third-order valence-electron chi connectivity index (χ3n) is 3.54. The molecule has 1 fully saturated rings. The summed E-state index contributed by atoms with van der Waals surface area (Å²) in [6.45, 7) is 0. The second-order valence-corrected chi connectivity index (χ2v) is 6.98. The van der Waals surface area contributed by atoms with Gasteiger partial charge in [0, 0.05) is 17.3 Å². The van der Waals surface area contributed by atoms with Gasteiger partial charge in [-0.1, -0.05) is 52.5 Å². The number of rotatable bonds is 4. The van der Waals surface area contributed by atoms with Crippen molar-refractivity contribution in [3.05, 3.63) is 50.2 Å². The summed E-state index contributed by atoms with van der Waals surface area (Å²) >= 11 is 23.6. The summed E-state index contributed by atoms with van der Waals surface area (Å²) in [5, 5.41) is 5.17. The van der Waals surface area contributed by atoms with Gasteiger partial charge in [-0.2, -0.15) is 0 Å². The summed E-state index contributed by atoms with van der Waals surface area (Å²) in [7, 11) is 0. The molecule has 130 valence electrons. The minimum atomic E-state index is -0.601. The molecule has 2 amide bonds. The fourth-order valence-corrected chi connectivity index (χ4v) is 2.91. The average Bonchev–Trinajstić information content (AvgIpc) is 3.41. The maximum Gasteiger partial charge on any atom is 0.275 e. The van der Waals surface area contributed by atoms with Crippen molar-refractivity contribution in [1.82, 2.24) is 4.98 Å². The maximum absolute atomic E-state index is 12.4. The zero-order chi connectivity index (χ0) is 18.1. The van der Waals surface area contributed by atoms with Gasteiger partial charge in [0.05, 0.1) is 15.1 Å². The zero-order valence-electron chi connectivity index (χ0n) is 12.6. The van der Waals surface area contributed by atoms with Crippen molar-refractivity contribution in [3.63, 3.8) is 0 Å². The van der Waals surface area contributed by atoms with Crippen LogP contribution in [0.2, 0.25) is 20.2 Å². The smallest absolute Gasteiger partial charge is 0.275 e. The van der Waals surface area contributed by atoms with E-state index in [9.17, 15) is 9.59 Å². The number of amides is 2. The molecule has 1 aliphatic rings. The number of pyridine rings is 1. The fourth-order valence-electron chi connectivity index (χ4n) is 2.09. The van der Waals surface area contributed by atoms with Crippen molar-refractivity contribution in [2.24, 2.45) is 5.92 Å². The normalized spacial score (nSPS) is 13.4. The highest BCUT2D eigenvalue weighted by Gasteiger charge is 2.29. The van der Waals surface area contributed by atoms with Crippen LogP contribution in [0, 0.1) is 5.92 Å². The van der Waals surface area contributed by atoms with E-state index in [-0.39, 0.29) is 37.7 Å². The monoisotopic (exact) mass is 417 g/mol. The van der Waals surface area contributed by atoms with Crippen LogP contribution in [0.15, 0.2) is 24.3 Å². The number of anilines is 2. The number of benzene rings is 1. The van der Waals surface area contributed by atoms with Gasteiger partial charge in [-0.25, -0.2) is 4.98 Å². The summed E-state index contributed by atoms with van der Waals surface area (Å²) in [6.07, 6.45) is 1.81. The first-order valence-electron chi connectivity index (χ1n) is 7.29. The molecule has 0 atom stereocenters. The minimum Gasteiger partial charge on any atom is -0.326 e. The van der Waals surface area contributed by atoms with E-state index < -0.39 is 5.91 Å². The first-order chi connectivity index (χ1) is 11.9. The van der Waals surface area contributed by atoms with Crippen LogP contribution < -0.4 is 10.6 Å².